The molecular weight excluding hydrogens is 521 g/mol. The molecule has 0 saturated carbocycles. The van der Waals surface area contributed by atoms with Crippen molar-refractivity contribution >= 4 is 50.7 Å². The van der Waals surface area contributed by atoms with Gasteiger partial charge in [0.15, 0.2) is 0 Å². The van der Waals surface area contributed by atoms with Crippen LogP contribution in [0.4, 0.5) is 5.69 Å². The molecule has 0 bridgehead atoms. The molecular formula is C26H35Cl2N3O4S. The molecule has 0 aromatic heterocycles. The third kappa shape index (κ3) is 7.60. The van der Waals surface area contributed by atoms with Gasteiger partial charge in [0.25, 0.3) is 0 Å². The summed E-state index contributed by atoms with van der Waals surface area (Å²) in [5.74, 6) is -0.816. The molecule has 0 aliphatic rings. The fraction of sp³-hybridized carbons (Fsp3) is 0.462. The SMILES string of the molecule is CC[C@H](C)NC(=O)[C@H](CC)N(Cc1ccc(Cl)cc1Cl)C(=O)CN(c1c(C)cccc1C)S(C)(=O)=O. The van der Waals surface area contributed by atoms with Gasteiger partial charge in [-0.3, -0.25) is 13.9 Å². The van der Waals surface area contributed by atoms with Crippen LogP contribution in [0.15, 0.2) is 36.4 Å². The predicted octanol–water partition coefficient (Wildman–Crippen LogP) is 5.10. The van der Waals surface area contributed by atoms with Crippen molar-refractivity contribution in [1.29, 1.82) is 0 Å². The van der Waals surface area contributed by atoms with Crippen LogP contribution in [0, 0.1) is 13.8 Å². The summed E-state index contributed by atoms with van der Waals surface area (Å²) in [4.78, 5) is 28.4. The number of aryl methyl sites for hydroxylation is 2. The normalized spacial score (nSPS) is 13.1. The van der Waals surface area contributed by atoms with Crippen LogP contribution < -0.4 is 9.62 Å². The molecule has 0 heterocycles. The third-order valence-corrected chi connectivity index (χ3v) is 7.81. The summed E-state index contributed by atoms with van der Waals surface area (Å²) in [7, 11) is -3.81. The minimum atomic E-state index is -3.81. The molecule has 2 aromatic rings. The van der Waals surface area contributed by atoms with Crippen molar-refractivity contribution in [2.24, 2.45) is 0 Å². The number of carbonyl (C=O) groups excluding carboxylic acids is 2. The lowest BCUT2D eigenvalue weighted by Gasteiger charge is -2.34. The highest BCUT2D eigenvalue weighted by Crippen LogP contribution is 2.28. The van der Waals surface area contributed by atoms with Gasteiger partial charge in [0, 0.05) is 22.6 Å². The van der Waals surface area contributed by atoms with Crippen molar-refractivity contribution in [3.63, 3.8) is 0 Å². The molecule has 0 spiro atoms. The summed E-state index contributed by atoms with van der Waals surface area (Å²) in [6, 6.07) is 9.45. The summed E-state index contributed by atoms with van der Waals surface area (Å²) < 4.78 is 26.8. The summed E-state index contributed by atoms with van der Waals surface area (Å²) in [5.41, 5.74) is 2.50. The number of hydrogen-bond acceptors (Lipinski definition) is 4. The predicted molar refractivity (Wildman–Crippen MR) is 147 cm³/mol. The Morgan fingerprint density at radius 1 is 1.03 bits per heavy atom. The molecule has 198 valence electrons. The number of halogens is 2. The number of benzene rings is 2. The largest absolute Gasteiger partial charge is 0.352 e. The molecule has 0 aliphatic carbocycles. The second-order valence-corrected chi connectivity index (χ2v) is 11.8. The molecule has 0 unspecified atom stereocenters. The lowest BCUT2D eigenvalue weighted by atomic mass is 10.1. The van der Waals surface area contributed by atoms with Crippen LogP contribution in [-0.2, 0) is 26.2 Å². The van der Waals surface area contributed by atoms with Gasteiger partial charge in [-0.05, 0) is 62.4 Å². The van der Waals surface area contributed by atoms with Crippen molar-refractivity contribution in [3.05, 3.63) is 63.1 Å². The minimum absolute atomic E-state index is 0.0195. The van der Waals surface area contributed by atoms with Crippen LogP contribution in [-0.4, -0.2) is 50.0 Å². The molecule has 2 amide bonds. The number of anilines is 1. The van der Waals surface area contributed by atoms with E-state index in [1.54, 1.807) is 44.2 Å². The zero-order chi connectivity index (χ0) is 27.2. The van der Waals surface area contributed by atoms with E-state index in [0.29, 0.717) is 27.7 Å². The minimum Gasteiger partial charge on any atom is -0.352 e. The van der Waals surface area contributed by atoms with Crippen molar-refractivity contribution in [1.82, 2.24) is 10.2 Å². The van der Waals surface area contributed by atoms with Gasteiger partial charge in [-0.25, -0.2) is 8.42 Å². The maximum absolute atomic E-state index is 13.8. The summed E-state index contributed by atoms with van der Waals surface area (Å²) in [6.07, 6.45) is 2.13. The highest BCUT2D eigenvalue weighted by molar-refractivity contribution is 7.92. The first-order valence-corrected chi connectivity index (χ1v) is 14.5. The molecule has 10 heteroatoms. The highest BCUT2D eigenvalue weighted by atomic mass is 35.5. The summed E-state index contributed by atoms with van der Waals surface area (Å²) >= 11 is 12.4. The molecule has 2 aromatic carbocycles. The van der Waals surface area contributed by atoms with Crippen LogP contribution in [0.1, 0.15) is 50.3 Å². The summed E-state index contributed by atoms with van der Waals surface area (Å²) in [6.45, 7) is 8.81. The Balaban J connectivity index is 2.53. The molecule has 0 saturated heterocycles. The van der Waals surface area contributed by atoms with E-state index < -0.39 is 28.5 Å². The van der Waals surface area contributed by atoms with Crippen molar-refractivity contribution in [2.45, 2.75) is 66.1 Å². The zero-order valence-corrected chi connectivity index (χ0v) is 24.0. The van der Waals surface area contributed by atoms with Gasteiger partial charge in [-0.2, -0.15) is 0 Å². The zero-order valence-electron chi connectivity index (χ0n) is 21.6. The van der Waals surface area contributed by atoms with Crippen LogP contribution in [0.2, 0.25) is 10.0 Å². The van der Waals surface area contributed by atoms with Gasteiger partial charge < -0.3 is 10.2 Å². The Hall–Kier alpha value is -2.29. The highest BCUT2D eigenvalue weighted by Gasteiger charge is 2.33. The maximum atomic E-state index is 13.8. The average Bonchev–Trinajstić information content (AvgIpc) is 2.78. The second kappa shape index (κ2) is 12.8. The number of nitrogens with one attached hydrogen (secondary N) is 1. The van der Waals surface area contributed by atoms with Gasteiger partial charge in [0.1, 0.15) is 12.6 Å². The lowest BCUT2D eigenvalue weighted by molar-refractivity contribution is -0.140. The van der Waals surface area contributed by atoms with Gasteiger partial charge in [0.05, 0.1) is 11.9 Å². The number of amides is 2. The van der Waals surface area contributed by atoms with Crippen LogP contribution in [0.3, 0.4) is 0 Å². The Morgan fingerprint density at radius 3 is 2.14 bits per heavy atom. The quantitative estimate of drug-likeness (QED) is 0.418. The van der Waals surface area contributed by atoms with Crippen molar-refractivity contribution in [3.8, 4) is 0 Å². The molecule has 2 atom stereocenters. The standard InChI is InChI=1S/C26H35Cl2N3O4S/c1-7-19(5)29-26(33)23(8-2)30(15-20-12-13-21(27)14-22(20)28)24(32)16-31(36(6,34)35)25-17(3)10-9-11-18(25)4/h9-14,19,23H,7-8,15-16H2,1-6H3,(H,29,33)/t19-,23-/m0/s1. The fourth-order valence-corrected chi connectivity index (χ4v) is 5.40. The number of carbonyl (C=O) groups is 2. The molecule has 2 rings (SSSR count). The average molecular weight is 557 g/mol. The number of sulfonamides is 1. The lowest BCUT2D eigenvalue weighted by Crippen LogP contribution is -2.53. The van der Waals surface area contributed by atoms with Gasteiger partial charge in [0.2, 0.25) is 21.8 Å². The molecule has 0 radical (unpaired) electrons. The first kappa shape index (κ1) is 29.9. The van der Waals surface area contributed by atoms with E-state index in [1.165, 1.54) is 4.90 Å². The first-order chi connectivity index (χ1) is 16.8. The fourth-order valence-electron chi connectivity index (χ4n) is 3.97. The molecule has 36 heavy (non-hydrogen) atoms. The second-order valence-electron chi connectivity index (χ2n) is 9.01. The molecule has 0 fully saturated rings. The molecule has 0 aliphatic heterocycles. The van der Waals surface area contributed by atoms with Crippen LogP contribution in [0.25, 0.3) is 0 Å². The van der Waals surface area contributed by atoms with E-state index in [1.807, 2.05) is 26.8 Å². The van der Waals surface area contributed by atoms with E-state index in [0.717, 1.165) is 28.1 Å². The summed E-state index contributed by atoms with van der Waals surface area (Å²) in [5, 5.41) is 3.74. The van der Waals surface area contributed by atoms with Gasteiger partial charge in [-0.1, -0.05) is 61.3 Å². The Kier molecular flexibility index (Phi) is 10.6. The van der Waals surface area contributed by atoms with Crippen molar-refractivity contribution < 1.29 is 18.0 Å². The maximum Gasteiger partial charge on any atom is 0.244 e. The Bertz CT molecular complexity index is 1180. The smallest absolute Gasteiger partial charge is 0.244 e. The van der Waals surface area contributed by atoms with E-state index in [4.69, 9.17) is 23.2 Å². The van der Waals surface area contributed by atoms with E-state index in [-0.39, 0.29) is 18.5 Å². The molecule has 1 N–H and O–H groups in total. The Labute approximate surface area is 224 Å². The van der Waals surface area contributed by atoms with Gasteiger partial charge in [-0.15, -0.1) is 0 Å². The monoisotopic (exact) mass is 555 g/mol. The number of rotatable bonds is 11. The topological polar surface area (TPSA) is 86.8 Å². The number of hydrogen-bond donors (Lipinski definition) is 1. The van der Waals surface area contributed by atoms with Crippen molar-refractivity contribution in [2.75, 3.05) is 17.1 Å². The van der Waals surface area contributed by atoms with E-state index >= 15 is 0 Å². The van der Waals surface area contributed by atoms with Gasteiger partial charge >= 0.3 is 0 Å². The Morgan fingerprint density at radius 2 is 1.64 bits per heavy atom. The third-order valence-electron chi connectivity index (χ3n) is 6.11. The van der Waals surface area contributed by atoms with Crippen LogP contribution in [0.5, 0.6) is 0 Å². The number of nitrogens with zero attached hydrogens (tertiary/aromatic N) is 2. The van der Waals surface area contributed by atoms with E-state index in [2.05, 4.69) is 5.32 Å². The first-order valence-electron chi connectivity index (χ1n) is 11.9. The molecule has 7 nitrogen and oxygen atoms in total. The number of para-hydroxylation sites is 1. The van der Waals surface area contributed by atoms with E-state index in [9.17, 15) is 18.0 Å². The van der Waals surface area contributed by atoms with Crippen LogP contribution >= 0.6 is 23.2 Å².